The van der Waals surface area contributed by atoms with Crippen LogP contribution in [0.4, 0.5) is 5.69 Å². The fraction of sp³-hybridized carbons (Fsp3) is 0.118. The lowest BCUT2D eigenvalue weighted by Crippen LogP contribution is -2.50. The van der Waals surface area contributed by atoms with E-state index in [1.807, 2.05) is 37.2 Å². The Kier molecular flexibility index (Phi) is 3.19. The van der Waals surface area contributed by atoms with Gasteiger partial charge in [0.25, 0.3) is 11.7 Å². The smallest absolute Gasteiger partial charge is 0.300 e. The number of nitrogens with two attached hydrogens (primary N) is 1. The van der Waals surface area contributed by atoms with E-state index >= 15 is 0 Å². The third-order valence-corrected chi connectivity index (χ3v) is 3.89. The molecule has 120 valence electrons. The number of benzene rings is 1. The van der Waals surface area contributed by atoms with Crippen LogP contribution in [-0.2, 0) is 0 Å². The van der Waals surface area contributed by atoms with E-state index in [1.165, 1.54) is 0 Å². The summed E-state index contributed by atoms with van der Waals surface area (Å²) >= 11 is 0. The molecular formula is C17H17N6O+. The summed E-state index contributed by atoms with van der Waals surface area (Å²) in [6.45, 7) is 0. The van der Waals surface area contributed by atoms with Gasteiger partial charge in [0.15, 0.2) is 12.0 Å². The van der Waals surface area contributed by atoms with E-state index in [2.05, 4.69) is 21.2 Å². The summed E-state index contributed by atoms with van der Waals surface area (Å²) in [7, 11) is 4.00. The second kappa shape index (κ2) is 5.26. The first-order chi connectivity index (χ1) is 11.5. The molecule has 0 bridgehead atoms. The zero-order valence-electron chi connectivity index (χ0n) is 13.4. The van der Waals surface area contributed by atoms with Gasteiger partial charge in [0.2, 0.25) is 0 Å². The predicted molar refractivity (Wildman–Crippen MR) is 94.4 cm³/mol. The lowest BCUT2D eigenvalue weighted by atomic mass is 10.1. The largest absolute Gasteiger partial charge is 0.461 e. The Hall–Kier alpha value is -3.03. The zero-order valence-corrected chi connectivity index (χ0v) is 13.4. The van der Waals surface area contributed by atoms with Gasteiger partial charge in [-0.25, -0.2) is 4.99 Å². The van der Waals surface area contributed by atoms with Crippen LogP contribution in [0.1, 0.15) is 11.3 Å². The number of furan rings is 1. The third-order valence-electron chi connectivity index (χ3n) is 3.89. The van der Waals surface area contributed by atoms with Gasteiger partial charge in [0.05, 0.1) is 6.26 Å². The average molecular weight is 321 g/mol. The number of hydrogen-bond acceptors (Lipinski definition) is 6. The minimum absolute atomic E-state index is 0.263. The molecule has 1 atom stereocenters. The SMILES string of the molecule is CN(C)c1cccc(C2=C[N+]3(N)N=C(c4ccco4)N=C3C=N2)c1. The standard InChI is InChI=1S/C17H17N6O/c1-22(2)13-6-3-5-12(9-13)14-11-23(18)16(10-19-14)20-17(21-23)15-7-4-8-24-15/h3-11H,18H2,1-2H3/q+1. The average Bonchev–Trinajstić information content (AvgIpc) is 3.21. The van der Waals surface area contributed by atoms with E-state index in [1.54, 1.807) is 30.8 Å². The molecule has 1 aromatic carbocycles. The van der Waals surface area contributed by atoms with Gasteiger partial charge in [-0.15, -0.1) is 5.84 Å². The molecule has 7 nitrogen and oxygen atoms in total. The van der Waals surface area contributed by atoms with Crippen LogP contribution in [0.3, 0.4) is 0 Å². The molecule has 0 saturated carbocycles. The van der Waals surface area contributed by atoms with Gasteiger partial charge in [-0.05, 0) is 34.1 Å². The molecule has 7 heteroatoms. The summed E-state index contributed by atoms with van der Waals surface area (Å²) in [5, 5.41) is 4.47. The number of aliphatic imine (C=N–C) groups is 2. The molecule has 0 aliphatic carbocycles. The van der Waals surface area contributed by atoms with Gasteiger partial charge < -0.3 is 9.32 Å². The molecule has 4 rings (SSSR count). The summed E-state index contributed by atoms with van der Waals surface area (Å²) in [5.74, 6) is 7.98. The number of hydrogen-bond donors (Lipinski definition) is 1. The van der Waals surface area contributed by atoms with Crippen LogP contribution in [0.25, 0.3) is 5.70 Å². The van der Waals surface area contributed by atoms with Crippen LogP contribution >= 0.6 is 0 Å². The van der Waals surface area contributed by atoms with Crippen molar-refractivity contribution in [1.82, 2.24) is 0 Å². The molecule has 0 amide bonds. The summed E-state index contributed by atoms with van der Waals surface area (Å²) < 4.78 is 5.09. The van der Waals surface area contributed by atoms with E-state index in [-0.39, 0.29) is 4.70 Å². The Bertz CT molecular complexity index is 907. The summed E-state index contributed by atoms with van der Waals surface area (Å²) in [6, 6.07) is 11.7. The Morgan fingerprint density at radius 1 is 1.17 bits per heavy atom. The van der Waals surface area contributed by atoms with Crippen LogP contribution in [0, 0.1) is 0 Å². The van der Waals surface area contributed by atoms with Crippen molar-refractivity contribution in [3.05, 3.63) is 60.2 Å². The van der Waals surface area contributed by atoms with Gasteiger partial charge in [-0.2, -0.15) is 4.99 Å². The third kappa shape index (κ3) is 2.36. The van der Waals surface area contributed by atoms with Gasteiger partial charge >= 0.3 is 0 Å². The number of rotatable bonds is 3. The van der Waals surface area contributed by atoms with Crippen LogP contribution < -0.4 is 10.7 Å². The fourth-order valence-electron chi connectivity index (χ4n) is 2.58. The number of nitrogens with zero attached hydrogens (tertiary/aromatic N) is 5. The first kappa shape index (κ1) is 14.6. The van der Waals surface area contributed by atoms with Crippen molar-refractivity contribution in [2.45, 2.75) is 0 Å². The molecule has 2 N–H and O–H groups in total. The molecule has 0 fully saturated rings. The maximum atomic E-state index is 6.39. The van der Waals surface area contributed by atoms with E-state index < -0.39 is 0 Å². The molecule has 2 aliphatic rings. The lowest BCUT2D eigenvalue weighted by molar-refractivity contribution is -0.802. The number of fused-ring (bicyclic) bond motifs is 1. The number of anilines is 1. The van der Waals surface area contributed by atoms with Crippen LogP contribution in [0.5, 0.6) is 0 Å². The van der Waals surface area contributed by atoms with Crippen molar-refractivity contribution < 1.29 is 9.12 Å². The zero-order chi connectivity index (χ0) is 16.7. The lowest BCUT2D eigenvalue weighted by Gasteiger charge is -2.20. The van der Waals surface area contributed by atoms with Crippen LogP contribution in [0.2, 0.25) is 0 Å². The minimum Gasteiger partial charge on any atom is -0.461 e. The quantitative estimate of drug-likeness (QED) is 0.695. The van der Waals surface area contributed by atoms with Crippen LogP contribution in [0.15, 0.2) is 68.4 Å². The molecule has 2 aromatic rings. The minimum atomic E-state index is -0.263. The Balaban J connectivity index is 1.73. The highest BCUT2D eigenvalue weighted by atomic mass is 16.3. The van der Waals surface area contributed by atoms with Gasteiger partial charge in [-0.1, -0.05) is 12.1 Å². The molecule has 0 saturated heterocycles. The Labute approximate surface area is 139 Å². The maximum absolute atomic E-state index is 6.39. The molecule has 24 heavy (non-hydrogen) atoms. The van der Waals surface area contributed by atoms with Crippen LogP contribution in [-0.4, -0.2) is 36.7 Å². The van der Waals surface area contributed by atoms with Crippen molar-refractivity contribution in [3.63, 3.8) is 0 Å². The first-order valence-electron chi connectivity index (χ1n) is 7.50. The van der Waals surface area contributed by atoms with E-state index in [9.17, 15) is 0 Å². The van der Waals surface area contributed by atoms with E-state index in [0.717, 1.165) is 16.9 Å². The molecule has 2 aliphatic heterocycles. The topological polar surface area (TPSA) is 79.5 Å². The summed E-state index contributed by atoms with van der Waals surface area (Å²) in [4.78, 5) is 10.9. The monoisotopic (exact) mass is 321 g/mol. The highest BCUT2D eigenvalue weighted by Gasteiger charge is 2.40. The number of quaternary nitrogens is 1. The normalized spacial score (nSPS) is 21.9. The van der Waals surface area contributed by atoms with Crippen molar-refractivity contribution >= 4 is 29.3 Å². The van der Waals surface area contributed by atoms with Crippen molar-refractivity contribution in [2.75, 3.05) is 19.0 Å². The fourth-order valence-corrected chi connectivity index (χ4v) is 2.58. The highest BCUT2D eigenvalue weighted by Crippen LogP contribution is 2.28. The van der Waals surface area contributed by atoms with Gasteiger partial charge in [0, 0.05) is 25.3 Å². The van der Waals surface area contributed by atoms with Crippen molar-refractivity contribution in [1.29, 1.82) is 0 Å². The second-order valence-corrected chi connectivity index (χ2v) is 5.83. The maximum Gasteiger partial charge on any atom is 0.300 e. The Morgan fingerprint density at radius 3 is 2.79 bits per heavy atom. The molecule has 1 unspecified atom stereocenters. The molecule has 0 radical (unpaired) electrons. The predicted octanol–water partition coefficient (Wildman–Crippen LogP) is 2.19. The number of amidine groups is 2. The van der Waals surface area contributed by atoms with E-state index in [4.69, 9.17) is 10.3 Å². The Morgan fingerprint density at radius 2 is 2.04 bits per heavy atom. The summed E-state index contributed by atoms with van der Waals surface area (Å²) in [5.41, 5.74) is 2.82. The molecule has 0 spiro atoms. The molecule has 3 heterocycles. The van der Waals surface area contributed by atoms with Crippen molar-refractivity contribution in [2.24, 2.45) is 20.9 Å². The molecular weight excluding hydrogens is 304 g/mol. The highest BCUT2D eigenvalue weighted by molar-refractivity contribution is 6.32. The summed E-state index contributed by atoms with van der Waals surface area (Å²) in [6.07, 6.45) is 5.01. The molecule has 1 aromatic heterocycles. The second-order valence-electron chi connectivity index (χ2n) is 5.83. The first-order valence-corrected chi connectivity index (χ1v) is 7.50. The van der Waals surface area contributed by atoms with Gasteiger partial charge in [-0.3, -0.25) is 0 Å². The van der Waals surface area contributed by atoms with E-state index in [0.29, 0.717) is 17.4 Å². The van der Waals surface area contributed by atoms with Crippen molar-refractivity contribution in [3.8, 4) is 0 Å². The van der Waals surface area contributed by atoms with Gasteiger partial charge in [0.1, 0.15) is 11.9 Å².